The molecule has 1 saturated heterocycles. The highest BCUT2D eigenvalue weighted by atomic mass is 16.5. The first-order chi connectivity index (χ1) is 10.1. The van der Waals surface area contributed by atoms with Crippen LogP contribution >= 0.6 is 0 Å². The lowest BCUT2D eigenvalue weighted by Gasteiger charge is -2.32. The number of likely N-dealkylation sites (tertiary alicyclic amines) is 1. The molecular weight excluding hydrogens is 270 g/mol. The zero-order valence-corrected chi connectivity index (χ0v) is 12.0. The number of hydrogen-bond acceptors (Lipinski definition) is 4. The predicted octanol–water partition coefficient (Wildman–Crippen LogP) is 2.32. The minimum absolute atomic E-state index is 0.265. The second kappa shape index (κ2) is 5.73. The van der Waals surface area contributed by atoms with E-state index in [0.29, 0.717) is 5.69 Å². The maximum atomic E-state index is 11.2. The topological polar surface area (TPSA) is 71.5 Å². The Balaban J connectivity index is 1.60. The number of rotatable bonds is 4. The molecule has 0 unspecified atom stereocenters. The van der Waals surface area contributed by atoms with E-state index in [1.54, 1.807) is 12.1 Å². The smallest absolute Gasteiger partial charge is 0.352 e. The number of carboxylic acid groups (broad SMARTS) is 1. The van der Waals surface area contributed by atoms with Gasteiger partial charge in [-0.2, -0.15) is 0 Å². The summed E-state index contributed by atoms with van der Waals surface area (Å²) in [5.74, 6) is -0.0289. The highest BCUT2D eigenvalue weighted by molar-refractivity contribution is 5.85. The fourth-order valence-corrected chi connectivity index (χ4v) is 2.97. The summed E-state index contributed by atoms with van der Waals surface area (Å²) in [6.07, 6.45) is 3.77. The molecule has 0 bridgehead atoms. The summed E-state index contributed by atoms with van der Waals surface area (Å²) in [7, 11) is 0. The first-order valence-corrected chi connectivity index (χ1v) is 7.18. The maximum Gasteiger partial charge on any atom is 0.352 e. The average Bonchev–Trinajstić information content (AvgIpc) is 3.09. The Labute approximate surface area is 123 Å². The summed E-state index contributed by atoms with van der Waals surface area (Å²) in [5.41, 5.74) is 1.33. The van der Waals surface area contributed by atoms with Gasteiger partial charge in [-0.25, -0.2) is 4.79 Å². The van der Waals surface area contributed by atoms with Crippen LogP contribution in [0, 0.1) is 6.92 Å². The van der Waals surface area contributed by atoms with Crippen LogP contribution in [-0.2, 0) is 6.54 Å². The Morgan fingerprint density at radius 3 is 2.86 bits per heavy atom. The Morgan fingerprint density at radius 2 is 2.24 bits per heavy atom. The van der Waals surface area contributed by atoms with Gasteiger partial charge in [-0.1, -0.05) is 5.16 Å². The van der Waals surface area contributed by atoms with Gasteiger partial charge in [0.25, 0.3) is 0 Å². The zero-order chi connectivity index (χ0) is 14.8. The summed E-state index contributed by atoms with van der Waals surface area (Å²) < 4.78 is 6.97. The van der Waals surface area contributed by atoms with Crippen LogP contribution in [0.5, 0.6) is 0 Å². The van der Waals surface area contributed by atoms with Crippen molar-refractivity contribution < 1.29 is 14.4 Å². The third-order valence-corrected chi connectivity index (χ3v) is 4.01. The van der Waals surface area contributed by atoms with Gasteiger partial charge in [-0.05, 0) is 31.9 Å². The van der Waals surface area contributed by atoms with Crippen LogP contribution in [0.3, 0.4) is 0 Å². The first-order valence-electron chi connectivity index (χ1n) is 7.18. The predicted molar refractivity (Wildman–Crippen MR) is 76.2 cm³/mol. The Morgan fingerprint density at radius 1 is 1.48 bits per heavy atom. The number of aryl methyl sites for hydroxylation is 1. The second-order valence-corrected chi connectivity index (χ2v) is 5.54. The van der Waals surface area contributed by atoms with E-state index >= 15 is 0 Å². The van der Waals surface area contributed by atoms with Crippen LogP contribution in [0.1, 0.15) is 40.8 Å². The summed E-state index contributed by atoms with van der Waals surface area (Å²) in [4.78, 5) is 13.5. The van der Waals surface area contributed by atoms with Gasteiger partial charge in [0, 0.05) is 37.9 Å². The average molecular weight is 289 g/mol. The molecule has 0 radical (unpaired) electrons. The van der Waals surface area contributed by atoms with Gasteiger partial charge >= 0.3 is 5.97 Å². The highest BCUT2D eigenvalue weighted by Gasteiger charge is 2.23. The number of nitrogens with zero attached hydrogens (tertiary/aromatic N) is 3. The van der Waals surface area contributed by atoms with Crippen LogP contribution in [0.15, 0.2) is 28.9 Å². The molecule has 1 N–H and O–H groups in total. The summed E-state index contributed by atoms with van der Waals surface area (Å²) in [5, 5.41) is 13.2. The number of carboxylic acids is 1. The van der Waals surface area contributed by atoms with Crippen molar-refractivity contribution in [2.24, 2.45) is 0 Å². The molecule has 0 saturated carbocycles. The molecular formula is C15H19N3O3. The first kappa shape index (κ1) is 13.9. The third-order valence-electron chi connectivity index (χ3n) is 4.01. The van der Waals surface area contributed by atoms with E-state index < -0.39 is 5.97 Å². The van der Waals surface area contributed by atoms with Crippen LogP contribution in [0.25, 0.3) is 0 Å². The van der Waals surface area contributed by atoms with Crippen LogP contribution in [-0.4, -0.2) is 38.8 Å². The van der Waals surface area contributed by atoms with Crippen LogP contribution in [0.2, 0.25) is 0 Å². The van der Waals surface area contributed by atoms with Gasteiger partial charge in [-0.15, -0.1) is 0 Å². The molecule has 3 rings (SSSR count). The third kappa shape index (κ3) is 3.00. The highest BCUT2D eigenvalue weighted by Crippen LogP contribution is 2.25. The summed E-state index contributed by atoms with van der Waals surface area (Å²) in [6.45, 7) is 4.56. The van der Waals surface area contributed by atoms with E-state index in [-0.39, 0.29) is 6.04 Å². The Hall–Kier alpha value is -2.08. The summed E-state index contributed by atoms with van der Waals surface area (Å²) >= 11 is 0. The van der Waals surface area contributed by atoms with Crippen LogP contribution < -0.4 is 0 Å². The van der Waals surface area contributed by atoms with Gasteiger partial charge in [-0.3, -0.25) is 4.90 Å². The number of aromatic carboxylic acids is 1. The van der Waals surface area contributed by atoms with E-state index in [4.69, 9.17) is 4.52 Å². The van der Waals surface area contributed by atoms with Gasteiger partial charge in [0.15, 0.2) is 0 Å². The molecule has 0 spiro atoms. The molecule has 0 amide bonds. The molecule has 3 heterocycles. The molecule has 112 valence electrons. The Kier molecular flexibility index (Phi) is 3.79. The second-order valence-electron chi connectivity index (χ2n) is 5.54. The Bertz CT molecular complexity index is 624. The molecule has 1 aliphatic rings. The van der Waals surface area contributed by atoms with Gasteiger partial charge in [0.05, 0.1) is 5.69 Å². The van der Waals surface area contributed by atoms with Gasteiger partial charge < -0.3 is 14.2 Å². The van der Waals surface area contributed by atoms with Crippen molar-refractivity contribution in [3.05, 3.63) is 41.5 Å². The lowest BCUT2D eigenvalue weighted by atomic mass is 10.0. The normalized spacial score (nSPS) is 17.2. The number of hydrogen-bond donors (Lipinski definition) is 1. The van der Waals surface area contributed by atoms with Crippen LogP contribution in [0.4, 0.5) is 0 Å². The molecule has 1 aliphatic heterocycles. The minimum atomic E-state index is -0.861. The van der Waals surface area contributed by atoms with Crippen molar-refractivity contribution in [1.82, 2.24) is 14.6 Å². The minimum Gasteiger partial charge on any atom is -0.477 e. The van der Waals surface area contributed by atoms with E-state index in [1.165, 1.54) is 0 Å². The lowest BCUT2D eigenvalue weighted by Crippen LogP contribution is -2.34. The number of aromatic nitrogens is 2. The lowest BCUT2D eigenvalue weighted by molar-refractivity contribution is 0.0678. The van der Waals surface area contributed by atoms with Crippen molar-refractivity contribution in [3.63, 3.8) is 0 Å². The van der Waals surface area contributed by atoms with E-state index in [9.17, 15) is 9.90 Å². The molecule has 0 aliphatic carbocycles. The molecule has 0 aromatic carbocycles. The fraction of sp³-hybridized carbons (Fsp3) is 0.467. The quantitative estimate of drug-likeness (QED) is 0.935. The van der Waals surface area contributed by atoms with Crippen molar-refractivity contribution in [2.75, 3.05) is 13.1 Å². The van der Waals surface area contributed by atoms with Gasteiger partial charge in [0.1, 0.15) is 11.5 Å². The van der Waals surface area contributed by atoms with E-state index in [0.717, 1.165) is 43.9 Å². The fourth-order valence-electron chi connectivity index (χ4n) is 2.97. The van der Waals surface area contributed by atoms with Crippen molar-refractivity contribution in [3.8, 4) is 0 Å². The van der Waals surface area contributed by atoms with Crippen molar-refractivity contribution in [2.45, 2.75) is 32.4 Å². The number of piperidine rings is 1. The van der Waals surface area contributed by atoms with Gasteiger partial charge in [0.2, 0.25) is 0 Å². The molecule has 0 atom stereocenters. The van der Waals surface area contributed by atoms with E-state index in [2.05, 4.69) is 10.1 Å². The van der Waals surface area contributed by atoms with Crippen molar-refractivity contribution >= 4 is 5.97 Å². The van der Waals surface area contributed by atoms with Crippen molar-refractivity contribution in [1.29, 1.82) is 0 Å². The molecule has 1 fully saturated rings. The summed E-state index contributed by atoms with van der Waals surface area (Å²) in [6, 6.07) is 5.68. The largest absolute Gasteiger partial charge is 0.477 e. The number of carbonyl (C=O) groups is 1. The molecule has 2 aromatic rings. The monoisotopic (exact) mass is 289 g/mol. The molecule has 21 heavy (non-hydrogen) atoms. The van der Waals surface area contributed by atoms with E-state index in [1.807, 2.05) is 23.8 Å². The molecule has 6 nitrogen and oxygen atoms in total. The molecule has 6 heteroatoms. The maximum absolute atomic E-state index is 11.2. The zero-order valence-electron chi connectivity index (χ0n) is 12.0. The standard InChI is InChI=1S/C15H19N3O3/c1-11-9-12(16-21-11)10-17-7-4-13(5-8-17)18-6-2-3-14(18)15(19)20/h2-3,6,9,13H,4-5,7-8,10H2,1H3,(H,19,20). The SMILES string of the molecule is Cc1cc(CN2CCC(n3cccc3C(=O)O)CC2)no1. The molecule has 2 aromatic heterocycles.